The smallest absolute Gasteiger partial charge is 0.316 e. The Kier molecular flexibility index (Phi) is 6.63. The summed E-state index contributed by atoms with van der Waals surface area (Å²) in [6.07, 6.45) is 5.67. The standard InChI is InChI=1S/C36H32O4/c1-39-33(37)35(23-31(35)18-13-25-9-5-3-6-10-25)29-19-14-26(15-20-29)27-16-21-30(22-17-27)36(34(38)40-2)24-32(36)28-11-7-4-8-12-28/h3-22,31-32H,23-24H2,1-2H3/b18-13+/t31-,32+,35+,36+/m1/s1. The van der Waals surface area contributed by atoms with Gasteiger partial charge in [-0.05, 0) is 52.1 Å². The summed E-state index contributed by atoms with van der Waals surface area (Å²) < 4.78 is 10.5. The van der Waals surface area contributed by atoms with Gasteiger partial charge in [-0.3, -0.25) is 9.59 Å². The molecule has 6 rings (SSSR count). The lowest BCUT2D eigenvalue weighted by atomic mass is 9.88. The molecule has 0 radical (unpaired) electrons. The van der Waals surface area contributed by atoms with Gasteiger partial charge in [-0.25, -0.2) is 0 Å². The van der Waals surface area contributed by atoms with Gasteiger partial charge in [0.25, 0.3) is 0 Å². The van der Waals surface area contributed by atoms with Gasteiger partial charge in [0, 0.05) is 5.92 Å². The molecule has 0 heterocycles. The molecule has 2 saturated carbocycles. The van der Waals surface area contributed by atoms with E-state index in [0.29, 0.717) is 0 Å². The number of carbonyl (C=O) groups is 2. The third-order valence-corrected chi connectivity index (χ3v) is 8.73. The van der Waals surface area contributed by atoms with Gasteiger partial charge in [-0.2, -0.15) is 0 Å². The highest BCUT2D eigenvalue weighted by Crippen LogP contribution is 2.61. The van der Waals surface area contributed by atoms with Crippen LogP contribution in [0.25, 0.3) is 17.2 Å². The number of ether oxygens (including phenoxy) is 2. The highest BCUT2D eigenvalue weighted by molar-refractivity contribution is 5.90. The maximum atomic E-state index is 12.9. The van der Waals surface area contributed by atoms with Crippen molar-refractivity contribution in [1.29, 1.82) is 0 Å². The number of esters is 2. The number of hydrogen-bond acceptors (Lipinski definition) is 4. The van der Waals surface area contributed by atoms with E-state index in [9.17, 15) is 9.59 Å². The van der Waals surface area contributed by atoms with Crippen molar-refractivity contribution in [1.82, 2.24) is 0 Å². The molecule has 0 amide bonds. The molecule has 4 atom stereocenters. The van der Waals surface area contributed by atoms with E-state index in [1.807, 2.05) is 60.7 Å². The van der Waals surface area contributed by atoms with E-state index in [1.165, 1.54) is 14.2 Å². The van der Waals surface area contributed by atoms with Crippen LogP contribution in [-0.4, -0.2) is 26.2 Å². The minimum absolute atomic E-state index is 0.0934. The van der Waals surface area contributed by atoms with E-state index in [4.69, 9.17) is 9.47 Å². The topological polar surface area (TPSA) is 52.6 Å². The summed E-state index contributed by atoms with van der Waals surface area (Å²) in [7, 11) is 2.92. The zero-order valence-electron chi connectivity index (χ0n) is 22.7. The molecule has 40 heavy (non-hydrogen) atoms. The predicted octanol–water partition coefficient (Wildman–Crippen LogP) is 7.10. The summed E-state index contributed by atoms with van der Waals surface area (Å²) in [5, 5.41) is 0. The second-order valence-corrected chi connectivity index (χ2v) is 10.8. The lowest BCUT2D eigenvalue weighted by Crippen LogP contribution is -2.24. The van der Waals surface area contributed by atoms with Gasteiger partial charge in [-0.1, -0.05) is 121 Å². The minimum atomic E-state index is -0.645. The Morgan fingerprint density at radius 1 is 0.650 bits per heavy atom. The first-order valence-corrected chi connectivity index (χ1v) is 13.7. The van der Waals surface area contributed by atoms with Gasteiger partial charge in [0.2, 0.25) is 0 Å². The number of rotatable bonds is 8. The van der Waals surface area contributed by atoms with Crippen LogP contribution in [0.1, 0.15) is 41.0 Å². The SMILES string of the molecule is COC(=O)[C@]1(c2ccc(-c3ccc([C@@]4(C(=O)OC)C[C@H]4c4ccccc4)cc3)cc2)C[C@H]1/C=C/c1ccccc1. The molecule has 0 saturated heterocycles. The molecule has 0 unspecified atom stereocenters. The summed E-state index contributed by atoms with van der Waals surface area (Å²) >= 11 is 0. The van der Waals surface area contributed by atoms with Crippen molar-refractivity contribution >= 4 is 18.0 Å². The van der Waals surface area contributed by atoms with Crippen molar-refractivity contribution in [3.63, 3.8) is 0 Å². The fraction of sp³-hybridized carbons (Fsp3) is 0.222. The maximum Gasteiger partial charge on any atom is 0.316 e. The average molecular weight is 529 g/mol. The molecule has 0 aromatic heterocycles. The van der Waals surface area contributed by atoms with Crippen LogP contribution in [0.4, 0.5) is 0 Å². The lowest BCUT2D eigenvalue weighted by Gasteiger charge is -2.17. The monoisotopic (exact) mass is 528 g/mol. The zero-order valence-corrected chi connectivity index (χ0v) is 22.7. The van der Waals surface area contributed by atoms with Gasteiger partial charge in [-0.15, -0.1) is 0 Å². The summed E-state index contributed by atoms with van der Waals surface area (Å²) in [6.45, 7) is 0. The molecule has 200 valence electrons. The zero-order chi connectivity index (χ0) is 27.7. The van der Waals surface area contributed by atoms with Crippen molar-refractivity contribution in [2.75, 3.05) is 14.2 Å². The van der Waals surface area contributed by atoms with Gasteiger partial charge < -0.3 is 9.47 Å². The van der Waals surface area contributed by atoms with Crippen molar-refractivity contribution < 1.29 is 19.1 Å². The number of methoxy groups -OCH3 is 2. The van der Waals surface area contributed by atoms with Gasteiger partial charge in [0.05, 0.1) is 19.6 Å². The van der Waals surface area contributed by atoms with E-state index in [0.717, 1.165) is 46.2 Å². The van der Waals surface area contributed by atoms with E-state index in [1.54, 1.807) is 0 Å². The average Bonchev–Trinajstić information content (AvgIpc) is 3.95. The highest BCUT2D eigenvalue weighted by Gasteiger charge is 2.63. The third kappa shape index (κ3) is 4.34. The summed E-state index contributed by atoms with van der Waals surface area (Å²) in [5.74, 6) is -0.177. The Morgan fingerprint density at radius 3 is 1.70 bits per heavy atom. The minimum Gasteiger partial charge on any atom is -0.468 e. The van der Waals surface area contributed by atoms with Crippen LogP contribution in [0.3, 0.4) is 0 Å². The van der Waals surface area contributed by atoms with Crippen molar-refractivity contribution in [2.45, 2.75) is 29.6 Å². The number of allylic oxidation sites excluding steroid dienone is 1. The summed E-state index contributed by atoms with van der Waals surface area (Å²) in [5.41, 5.74) is 5.03. The Bertz CT molecular complexity index is 1540. The molecule has 2 aliphatic carbocycles. The van der Waals surface area contributed by atoms with Crippen LogP contribution < -0.4 is 0 Å². The van der Waals surface area contributed by atoms with Crippen molar-refractivity contribution in [3.05, 3.63) is 138 Å². The van der Waals surface area contributed by atoms with Crippen molar-refractivity contribution in [3.8, 4) is 11.1 Å². The Labute approximate surface area is 235 Å². The fourth-order valence-corrected chi connectivity index (χ4v) is 6.29. The Hall–Kier alpha value is -4.44. The summed E-state index contributed by atoms with van der Waals surface area (Å²) in [6, 6.07) is 36.7. The largest absolute Gasteiger partial charge is 0.468 e. The highest BCUT2D eigenvalue weighted by atomic mass is 16.5. The molecular formula is C36H32O4. The lowest BCUT2D eigenvalue weighted by molar-refractivity contribution is -0.144. The van der Waals surface area contributed by atoms with E-state index in [-0.39, 0.29) is 23.8 Å². The Balaban J connectivity index is 1.23. The Morgan fingerprint density at radius 2 is 1.15 bits per heavy atom. The van der Waals surface area contributed by atoms with E-state index in [2.05, 4.69) is 60.7 Å². The molecule has 0 spiro atoms. The maximum absolute atomic E-state index is 12.9. The molecule has 2 aliphatic rings. The quantitative estimate of drug-likeness (QED) is 0.229. The molecule has 0 aliphatic heterocycles. The molecule has 4 heteroatoms. The predicted molar refractivity (Wildman–Crippen MR) is 157 cm³/mol. The number of hydrogen-bond donors (Lipinski definition) is 0. The second kappa shape index (κ2) is 10.3. The van der Waals surface area contributed by atoms with Gasteiger partial charge in [0.1, 0.15) is 5.41 Å². The normalized spacial score (nSPS) is 24.9. The number of carbonyl (C=O) groups excluding carboxylic acids is 2. The van der Waals surface area contributed by atoms with Crippen LogP contribution in [0, 0.1) is 5.92 Å². The molecule has 0 bridgehead atoms. The molecule has 4 aromatic rings. The van der Waals surface area contributed by atoms with Gasteiger partial charge >= 0.3 is 11.9 Å². The number of benzene rings is 4. The van der Waals surface area contributed by atoms with Crippen LogP contribution in [0.15, 0.2) is 115 Å². The first kappa shape index (κ1) is 25.8. The fourth-order valence-electron chi connectivity index (χ4n) is 6.29. The molecule has 4 nitrogen and oxygen atoms in total. The van der Waals surface area contributed by atoms with Crippen molar-refractivity contribution in [2.24, 2.45) is 5.92 Å². The summed E-state index contributed by atoms with van der Waals surface area (Å²) in [4.78, 5) is 25.9. The van der Waals surface area contributed by atoms with Gasteiger partial charge in [0.15, 0.2) is 0 Å². The van der Waals surface area contributed by atoms with E-state index >= 15 is 0 Å². The third-order valence-electron chi connectivity index (χ3n) is 8.73. The first-order chi connectivity index (χ1) is 19.5. The molecule has 0 N–H and O–H groups in total. The molecule has 2 fully saturated rings. The van der Waals surface area contributed by atoms with Crippen LogP contribution in [-0.2, 0) is 29.9 Å². The second-order valence-electron chi connectivity index (χ2n) is 10.8. The van der Waals surface area contributed by atoms with E-state index < -0.39 is 10.8 Å². The van der Waals surface area contributed by atoms with Crippen LogP contribution in [0.2, 0.25) is 0 Å². The van der Waals surface area contributed by atoms with Crippen LogP contribution in [0.5, 0.6) is 0 Å². The van der Waals surface area contributed by atoms with Crippen LogP contribution >= 0.6 is 0 Å². The first-order valence-electron chi connectivity index (χ1n) is 13.7. The molecule has 4 aromatic carbocycles. The molecular weight excluding hydrogens is 496 g/mol.